The second kappa shape index (κ2) is 5.96. The van der Waals surface area contributed by atoms with E-state index in [-0.39, 0.29) is 0 Å². The molecule has 0 saturated carbocycles. The van der Waals surface area contributed by atoms with Crippen molar-refractivity contribution < 1.29 is 4.74 Å². The van der Waals surface area contributed by atoms with Gasteiger partial charge in [0, 0.05) is 42.5 Å². The monoisotopic (exact) mass is 254 g/mol. The van der Waals surface area contributed by atoms with Crippen LogP contribution in [0.5, 0.6) is 0 Å². The van der Waals surface area contributed by atoms with E-state index >= 15 is 0 Å². The first-order valence-electron chi connectivity index (χ1n) is 6.22. The maximum absolute atomic E-state index is 5.34. The van der Waals surface area contributed by atoms with Crippen LogP contribution in [0.4, 0.5) is 0 Å². The second-order valence-electron chi connectivity index (χ2n) is 4.78. The number of methoxy groups -OCH3 is 1. The van der Waals surface area contributed by atoms with E-state index in [0.717, 1.165) is 26.1 Å². The molecule has 3 nitrogen and oxygen atoms in total. The fraction of sp³-hybridized carbons (Fsp3) is 0.692. The van der Waals surface area contributed by atoms with Gasteiger partial charge in [-0.3, -0.25) is 0 Å². The predicted molar refractivity (Wildman–Crippen MR) is 72.7 cm³/mol. The van der Waals surface area contributed by atoms with Gasteiger partial charge in [0.2, 0.25) is 0 Å². The Morgan fingerprint density at radius 3 is 2.94 bits per heavy atom. The molecule has 2 atom stereocenters. The molecule has 0 spiro atoms. The molecule has 1 aromatic heterocycles. The maximum Gasteiger partial charge on any atom is 0.0711 e. The molecular formula is C13H22N2OS. The molecule has 1 aliphatic heterocycles. The third-order valence-corrected chi connectivity index (χ3v) is 4.57. The Balaban J connectivity index is 1.69. The van der Waals surface area contributed by atoms with Crippen LogP contribution in [0.3, 0.4) is 0 Å². The second-order valence-corrected chi connectivity index (χ2v) is 6.12. The van der Waals surface area contributed by atoms with Gasteiger partial charge in [0.05, 0.1) is 6.10 Å². The highest BCUT2D eigenvalue weighted by atomic mass is 32.1. The van der Waals surface area contributed by atoms with E-state index in [9.17, 15) is 0 Å². The Kier molecular flexibility index (Phi) is 4.56. The number of nitrogens with one attached hydrogen (secondary N) is 2. The molecule has 0 radical (unpaired) electrons. The SMILES string of the molecule is COC1CNC(CNCc2cc(C)c(C)s2)C1. The van der Waals surface area contributed by atoms with Gasteiger partial charge in [-0.2, -0.15) is 0 Å². The minimum absolute atomic E-state index is 0.396. The summed E-state index contributed by atoms with van der Waals surface area (Å²) in [5, 5.41) is 7.00. The van der Waals surface area contributed by atoms with Crippen molar-refractivity contribution in [2.75, 3.05) is 20.2 Å². The molecule has 2 rings (SSSR count). The maximum atomic E-state index is 5.34. The molecule has 1 fully saturated rings. The lowest BCUT2D eigenvalue weighted by Crippen LogP contribution is -2.33. The van der Waals surface area contributed by atoms with Gasteiger partial charge >= 0.3 is 0 Å². The zero-order valence-corrected chi connectivity index (χ0v) is 11.7. The van der Waals surface area contributed by atoms with E-state index < -0.39 is 0 Å². The van der Waals surface area contributed by atoms with Crippen molar-refractivity contribution in [2.45, 2.75) is 39.0 Å². The highest BCUT2D eigenvalue weighted by molar-refractivity contribution is 7.12. The molecule has 0 aromatic carbocycles. The summed E-state index contributed by atoms with van der Waals surface area (Å²) < 4.78 is 5.34. The van der Waals surface area contributed by atoms with Crippen molar-refractivity contribution in [3.05, 3.63) is 21.4 Å². The molecule has 17 heavy (non-hydrogen) atoms. The summed E-state index contributed by atoms with van der Waals surface area (Å²) >= 11 is 1.89. The Labute approximate surface area is 108 Å². The number of hydrogen-bond donors (Lipinski definition) is 2. The van der Waals surface area contributed by atoms with Crippen LogP contribution in [0.1, 0.15) is 21.7 Å². The molecule has 2 N–H and O–H groups in total. The zero-order valence-electron chi connectivity index (χ0n) is 10.9. The standard InChI is InChI=1S/C13H22N2OS/c1-9-4-13(17-10(9)2)8-14-6-11-5-12(16-3)7-15-11/h4,11-12,14-15H,5-8H2,1-3H3. The van der Waals surface area contributed by atoms with Crippen molar-refractivity contribution in [1.29, 1.82) is 0 Å². The molecular weight excluding hydrogens is 232 g/mol. The van der Waals surface area contributed by atoms with E-state index in [1.807, 2.05) is 11.3 Å². The number of aryl methyl sites for hydroxylation is 2. The summed E-state index contributed by atoms with van der Waals surface area (Å²) in [6.45, 7) is 7.35. The minimum atomic E-state index is 0.396. The van der Waals surface area contributed by atoms with Crippen LogP contribution in [0.2, 0.25) is 0 Å². The number of hydrogen-bond acceptors (Lipinski definition) is 4. The Hall–Kier alpha value is -0.420. The number of rotatable bonds is 5. The van der Waals surface area contributed by atoms with Crippen LogP contribution in [-0.4, -0.2) is 32.3 Å². The van der Waals surface area contributed by atoms with E-state index in [1.54, 1.807) is 7.11 Å². The molecule has 0 amide bonds. The van der Waals surface area contributed by atoms with Crippen LogP contribution < -0.4 is 10.6 Å². The van der Waals surface area contributed by atoms with Crippen molar-refractivity contribution in [3.8, 4) is 0 Å². The van der Waals surface area contributed by atoms with Crippen molar-refractivity contribution in [2.24, 2.45) is 0 Å². The quantitative estimate of drug-likeness (QED) is 0.841. The third kappa shape index (κ3) is 3.52. The minimum Gasteiger partial charge on any atom is -0.380 e. The topological polar surface area (TPSA) is 33.3 Å². The molecule has 2 unspecified atom stereocenters. The summed E-state index contributed by atoms with van der Waals surface area (Å²) in [5.41, 5.74) is 1.41. The van der Waals surface area contributed by atoms with Crippen molar-refractivity contribution in [3.63, 3.8) is 0 Å². The number of thiophene rings is 1. The molecule has 2 heterocycles. The lowest BCUT2D eigenvalue weighted by Gasteiger charge is -2.10. The Morgan fingerprint density at radius 2 is 2.35 bits per heavy atom. The Bertz CT molecular complexity index is 345. The van der Waals surface area contributed by atoms with Crippen molar-refractivity contribution >= 4 is 11.3 Å². The summed E-state index contributed by atoms with van der Waals surface area (Å²) in [5.74, 6) is 0. The summed E-state index contributed by atoms with van der Waals surface area (Å²) in [4.78, 5) is 2.86. The lowest BCUT2D eigenvalue weighted by molar-refractivity contribution is 0.117. The summed E-state index contributed by atoms with van der Waals surface area (Å²) in [6.07, 6.45) is 1.51. The van der Waals surface area contributed by atoms with Crippen LogP contribution in [-0.2, 0) is 11.3 Å². The zero-order chi connectivity index (χ0) is 12.3. The van der Waals surface area contributed by atoms with E-state index in [0.29, 0.717) is 12.1 Å². The summed E-state index contributed by atoms with van der Waals surface area (Å²) in [7, 11) is 1.79. The largest absolute Gasteiger partial charge is 0.380 e. The smallest absolute Gasteiger partial charge is 0.0711 e. The first-order chi connectivity index (χ1) is 8.19. The van der Waals surface area contributed by atoms with Gasteiger partial charge < -0.3 is 15.4 Å². The molecule has 0 aliphatic carbocycles. The highest BCUT2D eigenvalue weighted by Crippen LogP contribution is 2.20. The van der Waals surface area contributed by atoms with Crippen LogP contribution in [0.15, 0.2) is 6.07 Å². The highest BCUT2D eigenvalue weighted by Gasteiger charge is 2.22. The predicted octanol–water partition coefficient (Wildman–Crippen LogP) is 1.83. The first-order valence-corrected chi connectivity index (χ1v) is 7.03. The van der Waals surface area contributed by atoms with E-state index in [2.05, 4.69) is 30.5 Å². The molecule has 1 aliphatic rings. The van der Waals surface area contributed by atoms with Crippen molar-refractivity contribution in [1.82, 2.24) is 10.6 Å². The van der Waals surface area contributed by atoms with E-state index in [4.69, 9.17) is 4.74 Å². The Morgan fingerprint density at radius 1 is 1.53 bits per heavy atom. The third-order valence-electron chi connectivity index (χ3n) is 3.42. The fourth-order valence-corrected chi connectivity index (χ4v) is 3.25. The lowest BCUT2D eigenvalue weighted by atomic mass is 10.2. The number of ether oxygens (including phenoxy) is 1. The van der Waals surface area contributed by atoms with Crippen LogP contribution in [0, 0.1) is 13.8 Å². The normalized spacial score (nSPS) is 24.4. The van der Waals surface area contributed by atoms with Gasteiger partial charge in [0.25, 0.3) is 0 Å². The van der Waals surface area contributed by atoms with Gasteiger partial charge in [-0.25, -0.2) is 0 Å². The van der Waals surface area contributed by atoms with Gasteiger partial charge in [-0.1, -0.05) is 0 Å². The van der Waals surface area contributed by atoms with Gasteiger partial charge in [-0.15, -0.1) is 11.3 Å². The average Bonchev–Trinajstić information content (AvgIpc) is 2.87. The van der Waals surface area contributed by atoms with Gasteiger partial charge in [-0.05, 0) is 31.9 Å². The molecule has 1 aromatic rings. The summed E-state index contributed by atoms with van der Waals surface area (Å²) in [6, 6.07) is 2.84. The first kappa shape index (κ1) is 13.0. The molecule has 0 bridgehead atoms. The van der Waals surface area contributed by atoms with Gasteiger partial charge in [0.15, 0.2) is 0 Å². The van der Waals surface area contributed by atoms with E-state index in [1.165, 1.54) is 15.3 Å². The van der Waals surface area contributed by atoms with Gasteiger partial charge in [0.1, 0.15) is 0 Å². The molecule has 4 heteroatoms. The van der Waals surface area contributed by atoms with Crippen LogP contribution in [0.25, 0.3) is 0 Å². The fourth-order valence-electron chi connectivity index (χ4n) is 2.22. The molecule has 96 valence electrons. The molecule has 1 saturated heterocycles. The van der Waals surface area contributed by atoms with Crippen LogP contribution >= 0.6 is 11.3 Å². The average molecular weight is 254 g/mol.